The van der Waals surface area contributed by atoms with Gasteiger partial charge in [-0.15, -0.1) is 0 Å². The number of hydrogen-bond acceptors (Lipinski definition) is 5. The summed E-state index contributed by atoms with van der Waals surface area (Å²) in [5.74, 6) is 0.0139. The number of hydrogen-bond donors (Lipinski definition) is 1. The van der Waals surface area contributed by atoms with E-state index in [1.807, 2.05) is 6.07 Å². The van der Waals surface area contributed by atoms with Gasteiger partial charge in [0.1, 0.15) is 0 Å². The van der Waals surface area contributed by atoms with Crippen molar-refractivity contribution in [3.63, 3.8) is 0 Å². The second kappa shape index (κ2) is 7.90. The fourth-order valence-corrected chi connectivity index (χ4v) is 5.27. The van der Waals surface area contributed by atoms with Crippen LogP contribution in [0.3, 0.4) is 0 Å². The van der Waals surface area contributed by atoms with Crippen LogP contribution in [0.2, 0.25) is 0 Å². The summed E-state index contributed by atoms with van der Waals surface area (Å²) in [7, 11) is -2.10. The number of ether oxygens (including phenoxy) is 1. The molecular formula is C15H27N3O4S. The lowest BCUT2D eigenvalue weighted by molar-refractivity contribution is -0.0823. The maximum absolute atomic E-state index is 12.9. The highest BCUT2D eigenvalue weighted by molar-refractivity contribution is 7.86. The van der Waals surface area contributed by atoms with Gasteiger partial charge in [0.2, 0.25) is 0 Å². The van der Waals surface area contributed by atoms with Gasteiger partial charge in [-0.2, -0.15) is 22.3 Å². The minimum absolute atomic E-state index is 0.0139. The van der Waals surface area contributed by atoms with Crippen molar-refractivity contribution in [2.24, 2.45) is 5.92 Å². The number of rotatable bonds is 7. The molecule has 1 aliphatic carbocycles. The number of piperidine rings is 1. The number of nitrogens with zero attached hydrogens (tertiary/aromatic N) is 3. The number of nitriles is 1. The molecule has 2 fully saturated rings. The summed E-state index contributed by atoms with van der Waals surface area (Å²) >= 11 is 0. The van der Waals surface area contributed by atoms with E-state index in [4.69, 9.17) is 10.00 Å². The molecule has 2 aliphatic rings. The van der Waals surface area contributed by atoms with E-state index in [9.17, 15) is 13.5 Å². The molecule has 0 unspecified atom stereocenters. The molecule has 0 aromatic rings. The third-order valence-electron chi connectivity index (χ3n) is 5.06. The summed E-state index contributed by atoms with van der Waals surface area (Å²) in [4.78, 5) is 0. The minimum atomic E-state index is -3.62. The lowest BCUT2D eigenvalue weighted by Gasteiger charge is -2.47. The summed E-state index contributed by atoms with van der Waals surface area (Å²) in [6, 6.07) is 2.00. The maximum Gasteiger partial charge on any atom is 0.282 e. The zero-order chi connectivity index (χ0) is 16.9. The van der Waals surface area contributed by atoms with E-state index in [-0.39, 0.29) is 25.4 Å². The number of methoxy groups -OCH3 is 1. The molecule has 1 heterocycles. The molecule has 2 atom stereocenters. The Bertz CT molecular complexity index is 533. The van der Waals surface area contributed by atoms with Crippen LogP contribution in [0.25, 0.3) is 0 Å². The van der Waals surface area contributed by atoms with Gasteiger partial charge in [-0.05, 0) is 19.3 Å². The Hall–Kier alpha value is -0.720. The van der Waals surface area contributed by atoms with E-state index in [1.165, 1.54) is 15.7 Å². The van der Waals surface area contributed by atoms with Crippen LogP contribution in [0.1, 0.15) is 38.5 Å². The Labute approximate surface area is 139 Å². The van der Waals surface area contributed by atoms with Gasteiger partial charge in [0.15, 0.2) is 0 Å². The van der Waals surface area contributed by atoms with Crippen molar-refractivity contribution in [1.82, 2.24) is 8.61 Å². The maximum atomic E-state index is 12.9. The van der Waals surface area contributed by atoms with Crippen molar-refractivity contribution in [2.45, 2.75) is 44.1 Å². The van der Waals surface area contributed by atoms with Crippen molar-refractivity contribution >= 4 is 10.2 Å². The predicted molar refractivity (Wildman–Crippen MR) is 85.7 cm³/mol. The third kappa shape index (κ3) is 4.22. The number of aliphatic hydroxyl groups is 1. The molecule has 23 heavy (non-hydrogen) atoms. The molecule has 0 bridgehead atoms. The summed E-state index contributed by atoms with van der Waals surface area (Å²) in [5, 5.41) is 19.5. The van der Waals surface area contributed by atoms with Crippen molar-refractivity contribution in [2.75, 3.05) is 39.9 Å². The summed E-state index contributed by atoms with van der Waals surface area (Å²) in [6.45, 7) is 1.42. The zero-order valence-corrected chi connectivity index (χ0v) is 14.6. The van der Waals surface area contributed by atoms with E-state index in [0.717, 1.165) is 25.7 Å². The highest BCUT2D eigenvalue weighted by Gasteiger charge is 2.46. The molecular weight excluding hydrogens is 318 g/mol. The average Bonchev–Trinajstić information content (AvgIpc) is 2.53. The molecule has 0 radical (unpaired) electrons. The van der Waals surface area contributed by atoms with Crippen molar-refractivity contribution in [3.05, 3.63) is 0 Å². The highest BCUT2D eigenvalue weighted by atomic mass is 32.2. The second-order valence-corrected chi connectivity index (χ2v) is 8.39. The molecule has 8 heteroatoms. The minimum Gasteiger partial charge on any atom is -0.390 e. The SMILES string of the molecule is COCCN(CCC#N)S(=O)(=O)N1CC[C@]2(O)CCCC[C@@H]2C1. The molecule has 2 rings (SSSR count). The van der Waals surface area contributed by atoms with Crippen LogP contribution < -0.4 is 0 Å². The first kappa shape index (κ1) is 18.6. The first-order chi connectivity index (χ1) is 10.9. The van der Waals surface area contributed by atoms with Crippen molar-refractivity contribution in [1.29, 1.82) is 5.26 Å². The van der Waals surface area contributed by atoms with Crippen LogP contribution in [0.5, 0.6) is 0 Å². The molecule has 7 nitrogen and oxygen atoms in total. The Kier molecular flexibility index (Phi) is 6.40. The van der Waals surface area contributed by atoms with Crippen LogP contribution in [0.15, 0.2) is 0 Å². The Morgan fingerprint density at radius 2 is 2.17 bits per heavy atom. The molecule has 1 saturated heterocycles. The smallest absolute Gasteiger partial charge is 0.282 e. The standard InChI is InChI=1S/C15H27N3O4S/c1-22-12-11-17(9-4-8-16)23(20,21)18-10-7-15(19)6-3-2-5-14(15)13-18/h14,19H,2-7,9-13H2,1H3/t14-,15-/m1/s1. The van der Waals surface area contributed by atoms with E-state index in [0.29, 0.717) is 26.1 Å². The lowest BCUT2D eigenvalue weighted by Crippen LogP contribution is -2.57. The van der Waals surface area contributed by atoms with Crippen LogP contribution in [0.4, 0.5) is 0 Å². The Morgan fingerprint density at radius 1 is 1.39 bits per heavy atom. The Balaban J connectivity index is 2.09. The van der Waals surface area contributed by atoms with E-state index in [1.54, 1.807) is 0 Å². The van der Waals surface area contributed by atoms with Gasteiger partial charge in [0.05, 0.1) is 18.3 Å². The lowest BCUT2D eigenvalue weighted by atomic mass is 9.72. The summed E-state index contributed by atoms with van der Waals surface area (Å²) < 4.78 is 33.6. The van der Waals surface area contributed by atoms with Gasteiger partial charge in [0, 0.05) is 45.6 Å². The first-order valence-corrected chi connectivity index (χ1v) is 9.67. The fraction of sp³-hybridized carbons (Fsp3) is 0.933. The normalized spacial score (nSPS) is 29.2. The quantitative estimate of drug-likeness (QED) is 0.734. The van der Waals surface area contributed by atoms with Crippen molar-refractivity contribution < 1.29 is 18.3 Å². The van der Waals surface area contributed by atoms with Crippen LogP contribution in [-0.4, -0.2) is 67.6 Å². The van der Waals surface area contributed by atoms with Gasteiger partial charge in [-0.3, -0.25) is 0 Å². The van der Waals surface area contributed by atoms with Crippen LogP contribution in [-0.2, 0) is 14.9 Å². The van der Waals surface area contributed by atoms with Gasteiger partial charge < -0.3 is 9.84 Å². The molecule has 1 aliphatic heterocycles. The third-order valence-corrected chi connectivity index (χ3v) is 7.06. The number of fused-ring (bicyclic) bond motifs is 1. The molecule has 0 amide bonds. The Morgan fingerprint density at radius 3 is 2.87 bits per heavy atom. The van der Waals surface area contributed by atoms with E-state index >= 15 is 0 Å². The van der Waals surface area contributed by atoms with Gasteiger partial charge in [-0.25, -0.2) is 0 Å². The molecule has 0 aromatic heterocycles. The van der Waals surface area contributed by atoms with Crippen molar-refractivity contribution in [3.8, 4) is 6.07 Å². The summed E-state index contributed by atoms with van der Waals surface area (Å²) in [6.07, 6.45) is 4.36. The monoisotopic (exact) mass is 345 g/mol. The summed E-state index contributed by atoms with van der Waals surface area (Å²) in [5.41, 5.74) is -0.700. The molecule has 1 saturated carbocycles. The first-order valence-electron chi connectivity index (χ1n) is 8.27. The predicted octanol–water partition coefficient (Wildman–Crippen LogP) is 0.720. The van der Waals surface area contributed by atoms with Crippen LogP contribution in [0, 0.1) is 17.2 Å². The fourth-order valence-electron chi connectivity index (χ4n) is 3.62. The highest BCUT2D eigenvalue weighted by Crippen LogP contribution is 2.40. The zero-order valence-electron chi connectivity index (χ0n) is 13.8. The molecule has 0 spiro atoms. The topological polar surface area (TPSA) is 93.9 Å². The van der Waals surface area contributed by atoms with Gasteiger partial charge in [-0.1, -0.05) is 12.8 Å². The molecule has 0 aromatic carbocycles. The van der Waals surface area contributed by atoms with E-state index in [2.05, 4.69) is 0 Å². The van der Waals surface area contributed by atoms with E-state index < -0.39 is 15.8 Å². The van der Waals surface area contributed by atoms with Crippen LogP contribution >= 0.6 is 0 Å². The van der Waals surface area contributed by atoms with Gasteiger partial charge >= 0.3 is 0 Å². The average molecular weight is 345 g/mol. The largest absolute Gasteiger partial charge is 0.390 e. The van der Waals surface area contributed by atoms with Gasteiger partial charge in [0.25, 0.3) is 10.2 Å². The molecule has 1 N–H and O–H groups in total. The second-order valence-electron chi connectivity index (χ2n) is 6.46. The molecule has 132 valence electrons.